The highest BCUT2D eigenvalue weighted by Gasteiger charge is 2.38. The number of imidazole rings is 2. The standard InChI is InChI=1S/C42H50N8O2/c1-47-21-15-29(16-22-47)41(51)49-19-3-5-37(49)39-43-33-13-11-31(25-35(33)45-39)27-7-9-28(10-8-27)32-12-14-34-36(26-32)46-40(44-34)38-6-4-20-50(38)42(52)30-17-23-48(2)24-18-30/h7-14,25-26,29-30,37-38H,3-6,15-24H2,1-2H3,(H,43,45)(H,44,46)/t37-,38-/m1/s1. The average Bonchev–Trinajstić information content (AvgIpc) is 4.00. The third-order valence-corrected chi connectivity index (χ3v) is 12.4. The summed E-state index contributed by atoms with van der Waals surface area (Å²) in [4.78, 5) is 53.0. The van der Waals surface area contributed by atoms with Gasteiger partial charge in [0.05, 0.1) is 34.2 Å². The number of carbonyl (C=O) groups is 2. The van der Waals surface area contributed by atoms with E-state index < -0.39 is 0 Å². The molecule has 52 heavy (non-hydrogen) atoms. The maximum absolute atomic E-state index is 13.5. The Morgan fingerprint density at radius 1 is 0.538 bits per heavy atom. The molecule has 4 aliphatic rings. The molecule has 6 heterocycles. The molecule has 4 aliphatic heterocycles. The molecular formula is C42H50N8O2. The van der Waals surface area contributed by atoms with Crippen molar-refractivity contribution in [3.8, 4) is 22.3 Å². The molecule has 9 rings (SSSR count). The van der Waals surface area contributed by atoms with Crippen molar-refractivity contribution < 1.29 is 9.59 Å². The third kappa shape index (κ3) is 6.30. The number of likely N-dealkylation sites (tertiary alicyclic amines) is 4. The summed E-state index contributed by atoms with van der Waals surface area (Å²) in [5.41, 5.74) is 8.42. The zero-order valence-corrected chi connectivity index (χ0v) is 30.5. The van der Waals surface area contributed by atoms with Crippen LogP contribution in [0.3, 0.4) is 0 Å². The number of aromatic nitrogens is 4. The molecule has 0 aliphatic carbocycles. The van der Waals surface area contributed by atoms with Gasteiger partial charge in [0, 0.05) is 24.9 Å². The lowest BCUT2D eigenvalue weighted by Gasteiger charge is -2.32. The molecule has 0 unspecified atom stereocenters. The molecule has 0 spiro atoms. The van der Waals surface area contributed by atoms with Gasteiger partial charge in [-0.25, -0.2) is 9.97 Å². The van der Waals surface area contributed by atoms with Crippen LogP contribution in [-0.4, -0.2) is 105 Å². The summed E-state index contributed by atoms with van der Waals surface area (Å²) >= 11 is 0. The maximum atomic E-state index is 13.5. The number of piperidine rings is 2. The first kappa shape index (κ1) is 33.3. The summed E-state index contributed by atoms with van der Waals surface area (Å²) in [6, 6.07) is 21.6. The monoisotopic (exact) mass is 698 g/mol. The van der Waals surface area contributed by atoms with E-state index in [0.717, 1.165) is 147 Å². The van der Waals surface area contributed by atoms with Crippen molar-refractivity contribution in [1.82, 2.24) is 39.5 Å². The number of benzene rings is 3. The van der Waals surface area contributed by atoms with Crippen LogP contribution in [0, 0.1) is 11.8 Å². The first-order valence-electron chi connectivity index (χ1n) is 19.5. The summed E-state index contributed by atoms with van der Waals surface area (Å²) in [6.45, 7) is 5.60. The number of hydrogen-bond acceptors (Lipinski definition) is 6. The molecular weight excluding hydrogens is 649 g/mol. The van der Waals surface area contributed by atoms with E-state index >= 15 is 0 Å². The Morgan fingerprint density at radius 2 is 0.923 bits per heavy atom. The molecule has 5 aromatic rings. The number of aromatic amines is 2. The maximum Gasteiger partial charge on any atom is 0.226 e. The van der Waals surface area contributed by atoms with Gasteiger partial charge in [-0.1, -0.05) is 36.4 Å². The van der Waals surface area contributed by atoms with E-state index in [0.29, 0.717) is 11.8 Å². The summed E-state index contributed by atoms with van der Waals surface area (Å²) in [7, 11) is 4.28. The zero-order chi connectivity index (χ0) is 35.3. The predicted octanol–water partition coefficient (Wildman–Crippen LogP) is 6.78. The number of hydrogen-bond donors (Lipinski definition) is 2. The van der Waals surface area contributed by atoms with Crippen LogP contribution in [0.1, 0.15) is 75.1 Å². The molecule has 270 valence electrons. The Kier molecular flexibility index (Phi) is 8.83. The largest absolute Gasteiger partial charge is 0.340 e. The lowest BCUT2D eigenvalue weighted by Crippen LogP contribution is -2.41. The van der Waals surface area contributed by atoms with E-state index in [9.17, 15) is 9.59 Å². The van der Waals surface area contributed by atoms with Crippen LogP contribution in [0.25, 0.3) is 44.3 Å². The van der Waals surface area contributed by atoms with E-state index in [1.807, 2.05) is 0 Å². The Hall–Kier alpha value is -4.54. The number of H-pyrrole nitrogens is 2. The molecule has 4 saturated heterocycles. The van der Waals surface area contributed by atoms with Crippen LogP contribution in [0.15, 0.2) is 60.7 Å². The van der Waals surface area contributed by atoms with Gasteiger partial charge in [-0.2, -0.15) is 0 Å². The van der Waals surface area contributed by atoms with Crippen molar-refractivity contribution in [3.05, 3.63) is 72.3 Å². The molecule has 2 amide bonds. The molecule has 10 nitrogen and oxygen atoms in total. The van der Waals surface area contributed by atoms with Crippen molar-refractivity contribution in [2.45, 2.75) is 63.5 Å². The second kappa shape index (κ2) is 13.8. The predicted molar refractivity (Wildman–Crippen MR) is 204 cm³/mol. The van der Waals surface area contributed by atoms with Crippen LogP contribution >= 0.6 is 0 Å². The van der Waals surface area contributed by atoms with Crippen molar-refractivity contribution in [2.75, 3.05) is 53.4 Å². The number of amides is 2. The smallest absolute Gasteiger partial charge is 0.226 e. The first-order valence-corrected chi connectivity index (χ1v) is 19.5. The van der Waals surface area contributed by atoms with Crippen molar-refractivity contribution >= 4 is 33.9 Å². The quantitative estimate of drug-likeness (QED) is 0.203. The highest BCUT2D eigenvalue weighted by Crippen LogP contribution is 2.37. The zero-order valence-electron chi connectivity index (χ0n) is 30.5. The van der Waals surface area contributed by atoms with Gasteiger partial charge in [-0.15, -0.1) is 0 Å². The molecule has 4 fully saturated rings. The minimum Gasteiger partial charge on any atom is -0.340 e. The fourth-order valence-electron chi connectivity index (χ4n) is 9.20. The van der Waals surface area contributed by atoms with Crippen molar-refractivity contribution in [2.24, 2.45) is 11.8 Å². The number of nitrogens with one attached hydrogen (secondary N) is 2. The van der Waals surface area contributed by atoms with Crippen LogP contribution in [-0.2, 0) is 9.59 Å². The molecule has 2 atom stereocenters. The summed E-state index contributed by atoms with van der Waals surface area (Å²) in [5, 5.41) is 0. The van der Waals surface area contributed by atoms with Crippen LogP contribution in [0.5, 0.6) is 0 Å². The number of rotatable bonds is 6. The number of carbonyl (C=O) groups excluding carboxylic acids is 2. The average molecular weight is 699 g/mol. The summed E-state index contributed by atoms with van der Waals surface area (Å²) < 4.78 is 0. The van der Waals surface area contributed by atoms with Crippen LogP contribution < -0.4 is 0 Å². The van der Waals surface area contributed by atoms with Gasteiger partial charge in [0.25, 0.3) is 0 Å². The first-order chi connectivity index (χ1) is 25.4. The van der Waals surface area contributed by atoms with Gasteiger partial charge >= 0.3 is 0 Å². The van der Waals surface area contributed by atoms with Gasteiger partial charge in [0.15, 0.2) is 0 Å². The van der Waals surface area contributed by atoms with Gasteiger partial charge in [-0.3, -0.25) is 9.59 Å². The topological polar surface area (TPSA) is 104 Å². The highest BCUT2D eigenvalue weighted by molar-refractivity contribution is 5.85. The number of fused-ring (bicyclic) bond motifs is 2. The fraction of sp³-hybridized carbons (Fsp3) is 0.476. The van der Waals surface area contributed by atoms with Gasteiger partial charge in [0.1, 0.15) is 11.6 Å². The Morgan fingerprint density at radius 3 is 1.33 bits per heavy atom. The fourth-order valence-corrected chi connectivity index (χ4v) is 9.20. The van der Waals surface area contributed by atoms with Gasteiger partial charge in [0.2, 0.25) is 11.8 Å². The minimum absolute atomic E-state index is 0.0225. The minimum atomic E-state index is 0.0225. The van der Waals surface area contributed by atoms with E-state index in [1.54, 1.807) is 0 Å². The lowest BCUT2D eigenvalue weighted by atomic mass is 9.95. The van der Waals surface area contributed by atoms with Gasteiger partial charge in [-0.05, 0) is 138 Å². The highest BCUT2D eigenvalue weighted by atomic mass is 16.2. The molecule has 0 saturated carbocycles. The Balaban J connectivity index is 0.897. The molecule has 0 radical (unpaired) electrons. The Bertz CT molecular complexity index is 1940. The molecule has 2 N–H and O–H groups in total. The Labute approximate surface area is 305 Å². The van der Waals surface area contributed by atoms with E-state index in [2.05, 4.69) is 104 Å². The van der Waals surface area contributed by atoms with Crippen molar-refractivity contribution in [1.29, 1.82) is 0 Å². The second-order valence-electron chi connectivity index (χ2n) is 15.8. The molecule has 3 aromatic carbocycles. The van der Waals surface area contributed by atoms with E-state index in [1.165, 1.54) is 0 Å². The summed E-state index contributed by atoms with van der Waals surface area (Å²) in [6.07, 6.45) is 7.73. The van der Waals surface area contributed by atoms with E-state index in [-0.39, 0.29) is 23.9 Å². The van der Waals surface area contributed by atoms with E-state index in [4.69, 9.17) is 9.97 Å². The second-order valence-corrected chi connectivity index (χ2v) is 15.8. The van der Waals surface area contributed by atoms with Crippen LogP contribution in [0.2, 0.25) is 0 Å². The van der Waals surface area contributed by atoms with Crippen LogP contribution in [0.4, 0.5) is 0 Å². The molecule has 10 heteroatoms. The SMILES string of the molecule is CN1CCC(C(=O)N2CCC[C@@H]2c2nc3ccc(-c4ccc(-c5ccc6nc([C@H]7CCCN7C(=O)C7CCN(C)CC7)[nH]c6c5)cc4)cc3[nH]2)CC1. The normalized spacial score (nSPS) is 22.7. The lowest BCUT2D eigenvalue weighted by molar-refractivity contribution is -0.138. The molecule has 0 bridgehead atoms. The molecule has 2 aromatic heterocycles. The number of nitrogens with zero attached hydrogens (tertiary/aromatic N) is 6. The van der Waals surface area contributed by atoms with Gasteiger partial charge < -0.3 is 29.6 Å². The third-order valence-electron chi connectivity index (χ3n) is 12.4. The summed E-state index contributed by atoms with van der Waals surface area (Å²) in [5.74, 6) is 2.68. The van der Waals surface area contributed by atoms with Crippen molar-refractivity contribution in [3.63, 3.8) is 0 Å².